The van der Waals surface area contributed by atoms with Gasteiger partial charge in [0, 0.05) is 18.0 Å². The Labute approximate surface area is 146 Å². The summed E-state index contributed by atoms with van der Waals surface area (Å²) in [5, 5.41) is 22.5. The Morgan fingerprint density at radius 1 is 1.26 bits per heavy atom. The van der Waals surface area contributed by atoms with Crippen molar-refractivity contribution in [2.45, 2.75) is 31.2 Å². The van der Waals surface area contributed by atoms with Gasteiger partial charge in [-0.3, -0.25) is 0 Å². The minimum Gasteiger partial charge on any atom is -0.391 e. The fourth-order valence-corrected chi connectivity index (χ4v) is 3.85. The first-order chi connectivity index (χ1) is 11.1. The van der Waals surface area contributed by atoms with Crippen LogP contribution in [0.4, 0.5) is 10.8 Å². The van der Waals surface area contributed by atoms with Gasteiger partial charge in [-0.05, 0) is 31.6 Å². The van der Waals surface area contributed by atoms with Crippen molar-refractivity contribution in [3.63, 3.8) is 0 Å². The third-order valence-corrected chi connectivity index (χ3v) is 5.67. The highest BCUT2D eigenvalue weighted by Gasteiger charge is 2.12. The lowest BCUT2D eigenvalue weighted by atomic mass is 10.2. The van der Waals surface area contributed by atoms with Gasteiger partial charge in [0.25, 0.3) is 0 Å². The van der Waals surface area contributed by atoms with Gasteiger partial charge in [-0.15, -0.1) is 10.2 Å². The Morgan fingerprint density at radius 3 is 2.70 bits per heavy atom. The largest absolute Gasteiger partial charge is 0.391 e. The molecule has 2 rings (SSSR count). The number of aromatic nitrogens is 2. The first kappa shape index (κ1) is 18.2. The van der Waals surface area contributed by atoms with E-state index in [9.17, 15) is 5.11 Å². The third-order valence-electron chi connectivity index (χ3n) is 3.56. The fourth-order valence-electron chi connectivity index (χ4n) is 2.15. The normalized spacial score (nSPS) is 12.6. The number of nitrogens with zero attached hydrogens (tertiary/aromatic N) is 3. The Morgan fingerprint density at radius 2 is 2.00 bits per heavy atom. The van der Waals surface area contributed by atoms with Crippen LogP contribution in [0.15, 0.2) is 28.6 Å². The maximum Gasteiger partial charge on any atom is 0.210 e. The summed E-state index contributed by atoms with van der Waals surface area (Å²) >= 11 is 3.07. The summed E-state index contributed by atoms with van der Waals surface area (Å²) in [7, 11) is 0. The SMILES string of the molecule is CCN(CC)C[C@@H](O)CSc1nnc(Nc2ccccc2C)s1. The summed E-state index contributed by atoms with van der Waals surface area (Å²) in [6.07, 6.45) is -0.350. The minimum atomic E-state index is -0.350. The van der Waals surface area contributed by atoms with Crippen LogP contribution in [-0.4, -0.2) is 51.7 Å². The second-order valence-electron chi connectivity index (χ2n) is 5.26. The molecule has 2 N–H and O–H groups in total. The predicted octanol–water partition coefficient (Wildman–Crippen LogP) is 3.38. The van der Waals surface area contributed by atoms with E-state index in [-0.39, 0.29) is 6.10 Å². The number of aryl methyl sites for hydroxylation is 1. The fraction of sp³-hybridized carbons (Fsp3) is 0.500. The van der Waals surface area contributed by atoms with Crippen molar-refractivity contribution in [2.75, 3.05) is 30.7 Å². The summed E-state index contributed by atoms with van der Waals surface area (Å²) in [4.78, 5) is 2.22. The average Bonchev–Trinajstić information content (AvgIpc) is 3.00. The van der Waals surface area contributed by atoms with E-state index in [4.69, 9.17) is 0 Å². The van der Waals surface area contributed by atoms with Crippen molar-refractivity contribution in [3.8, 4) is 0 Å². The van der Waals surface area contributed by atoms with Crippen LogP contribution in [-0.2, 0) is 0 Å². The molecule has 2 aromatic rings. The van der Waals surface area contributed by atoms with Gasteiger partial charge in [-0.2, -0.15) is 0 Å². The summed E-state index contributed by atoms with van der Waals surface area (Å²) in [5.41, 5.74) is 2.22. The van der Waals surface area contributed by atoms with Crippen molar-refractivity contribution in [1.82, 2.24) is 15.1 Å². The first-order valence-corrected chi connectivity index (χ1v) is 9.62. The molecule has 1 heterocycles. The van der Waals surface area contributed by atoms with Crippen LogP contribution in [0.1, 0.15) is 19.4 Å². The van der Waals surface area contributed by atoms with E-state index in [0.717, 1.165) is 28.2 Å². The number of hydrogen-bond acceptors (Lipinski definition) is 7. The second kappa shape index (κ2) is 9.22. The topological polar surface area (TPSA) is 61.3 Å². The van der Waals surface area contributed by atoms with Gasteiger partial charge in [0.15, 0.2) is 4.34 Å². The molecule has 0 amide bonds. The van der Waals surface area contributed by atoms with E-state index in [1.165, 1.54) is 16.9 Å². The highest BCUT2D eigenvalue weighted by molar-refractivity contribution is 8.01. The molecule has 0 aliphatic rings. The molecule has 0 saturated carbocycles. The molecule has 23 heavy (non-hydrogen) atoms. The molecule has 126 valence electrons. The molecular formula is C16H24N4OS2. The monoisotopic (exact) mass is 352 g/mol. The number of nitrogens with one attached hydrogen (secondary N) is 1. The Kier molecular flexibility index (Phi) is 7.29. The van der Waals surface area contributed by atoms with Crippen LogP contribution < -0.4 is 5.32 Å². The lowest BCUT2D eigenvalue weighted by Crippen LogP contribution is -2.33. The first-order valence-electron chi connectivity index (χ1n) is 7.81. The third kappa shape index (κ3) is 5.76. The van der Waals surface area contributed by atoms with Crippen molar-refractivity contribution < 1.29 is 5.11 Å². The molecular weight excluding hydrogens is 328 g/mol. The van der Waals surface area contributed by atoms with Crippen LogP contribution in [0.25, 0.3) is 0 Å². The van der Waals surface area contributed by atoms with Gasteiger partial charge in [0.1, 0.15) is 0 Å². The molecule has 1 aromatic carbocycles. The van der Waals surface area contributed by atoms with Crippen molar-refractivity contribution >= 4 is 33.9 Å². The number of para-hydroxylation sites is 1. The summed E-state index contributed by atoms with van der Waals surface area (Å²) in [6, 6.07) is 8.09. The van der Waals surface area contributed by atoms with E-state index in [1.807, 2.05) is 18.2 Å². The highest BCUT2D eigenvalue weighted by Crippen LogP contribution is 2.29. The van der Waals surface area contributed by atoms with E-state index in [2.05, 4.69) is 47.3 Å². The van der Waals surface area contributed by atoms with Crippen molar-refractivity contribution in [3.05, 3.63) is 29.8 Å². The lowest BCUT2D eigenvalue weighted by molar-refractivity contribution is 0.137. The maximum atomic E-state index is 10.1. The van der Waals surface area contributed by atoms with Gasteiger partial charge in [-0.1, -0.05) is 55.1 Å². The number of aliphatic hydroxyl groups excluding tert-OH is 1. The van der Waals surface area contributed by atoms with Gasteiger partial charge in [0.05, 0.1) is 6.10 Å². The molecule has 0 aliphatic heterocycles. The van der Waals surface area contributed by atoms with E-state index < -0.39 is 0 Å². The zero-order valence-corrected chi connectivity index (χ0v) is 15.5. The van der Waals surface area contributed by atoms with E-state index in [1.54, 1.807) is 11.8 Å². The Bertz CT molecular complexity index is 601. The predicted molar refractivity (Wildman–Crippen MR) is 98.9 cm³/mol. The van der Waals surface area contributed by atoms with E-state index in [0.29, 0.717) is 12.3 Å². The summed E-state index contributed by atoms with van der Waals surface area (Å²) in [5.74, 6) is 0.634. The molecule has 0 saturated heterocycles. The molecule has 0 unspecified atom stereocenters. The van der Waals surface area contributed by atoms with Gasteiger partial charge >= 0.3 is 0 Å². The molecule has 0 bridgehead atoms. The summed E-state index contributed by atoms with van der Waals surface area (Å²) < 4.78 is 0.875. The van der Waals surface area contributed by atoms with Crippen LogP contribution in [0.3, 0.4) is 0 Å². The molecule has 0 fully saturated rings. The van der Waals surface area contributed by atoms with Gasteiger partial charge in [0.2, 0.25) is 5.13 Å². The minimum absolute atomic E-state index is 0.350. The van der Waals surface area contributed by atoms with Crippen molar-refractivity contribution in [1.29, 1.82) is 0 Å². The standard InChI is InChI=1S/C16H24N4OS2/c1-4-20(5-2)10-13(21)11-22-16-19-18-15(23-16)17-14-9-7-6-8-12(14)3/h6-9,13,21H,4-5,10-11H2,1-3H3,(H,17,18)/t13-/m1/s1. The second-order valence-corrected chi connectivity index (χ2v) is 7.51. The molecule has 5 nitrogen and oxygen atoms in total. The molecule has 7 heteroatoms. The molecule has 0 aliphatic carbocycles. The number of hydrogen-bond donors (Lipinski definition) is 2. The van der Waals surface area contributed by atoms with E-state index >= 15 is 0 Å². The maximum absolute atomic E-state index is 10.1. The number of benzene rings is 1. The van der Waals surface area contributed by atoms with Crippen molar-refractivity contribution in [2.24, 2.45) is 0 Å². The quantitative estimate of drug-likeness (QED) is 0.675. The average molecular weight is 353 g/mol. The molecule has 1 aromatic heterocycles. The number of anilines is 2. The van der Waals surface area contributed by atoms with Crippen LogP contribution in [0.2, 0.25) is 0 Å². The number of aliphatic hydroxyl groups is 1. The zero-order valence-electron chi connectivity index (χ0n) is 13.8. The smallest absolute Gasteiger partial charge is 0.210 e. The Hall–Kier alpha value is -1.15. The van der Waals surface area contributed by atoms with Gasteiger partial charge < -0.3 is 15.3 Å². The van der Waals surface area contributed by atoms with Gasteiger partial charge in [-0.25, -0.2) is 0 Å². The summed E-state index contributed by atoms with van der Waals surface area (Å²) in [6.45, 7) is 8.90. The molecule has 0 spiro atoms. The Balaban J connectivity index is 1.84. The molecule has 0 radical (unpaired) electrons. The van der Waals surface area contributed by atoms with Crippen LogP contribution >= 0.6 is 23.1 Å². The zero-order chi connectivity index (χ0) is 16.7. The van der Waals surface area contributed by atoms with Crippen LogP contribution in [0, 0.1) is 6.92 Å². The van der Waals surface area contributed by atoms with Crippen LogP contribution in [0.5, 0.6) is 0 Å². The lowest BCUT2D eigenvalue weighted by Gasteiger charge is -2.21. The number of likely N-dealkylation sites (N-methyl/N-ethyl adjacent to an activating group) is 1. The highest BCUT2D eigenvalue weighted by atomic mass is 32.2. The number of thioether (sulfide) groups is 1. The molecule has 1 atom stereocenters. The number of rotatable bonds is 9.